The van der Waals surface area contributed by atoms with E-state index >= 15 is 0 Å². The third-order valence-electron chi connectivity index (χ3n) is 3.01. The lowest BCUT2D eigenvalue weighted by atomic mass is 10.2. The van der Waals surface area contributed by atoms with Crippen molar-refractivity contribution in [3.8, 4) is 5.75 Å². The number of benzene rings is 1. The third kappa shape index (κ3) is 4.21. The van der Waals surface area contributed by atoms with E-state index in [-0.39, 0.29) is 18.6 Å². The Hall–Kier alpha value is -1.59. The Morgan fingerprint density at radius 2 is 2.40 bits per heavy atom. The van der Waals surface area contributed by atoms with Crippen molar-refractivity contribution in [3.63, 3.8) is 0 Å². The molecule has 1 fully saturated rings. The summed E-state index contributed by atoms with van der Waals surface area (Å²) in [5.74, 6) is 0.101. The second-order valence-corrected chi connectivity index (χ2v) is 4.96. The molecule has 1 N–H and O–H groups in total. The maximum Gasteiger partial charge on any atom is 0.258 e. The average molecular weight is 298 g/mol. The molecule has 1 saturated heterocycles. The summed E-state index contributed by atoms with van der Waals surface area (Å²) < 4.78 is 10.7. The lowest BCUT2D eigenvalue weighted by Crippen LogP contribution is -2.35. The van der Waals surface area contributed by atoms with Gasteiger partial charge in [0, 0.05) is 18.2 Å². The molecule has 6 heteroatoms. The first-order valence-corrected chi connectivity index (χ1v) is 6.82. The zero-order valence-electron chi connectivity index (χ0n) is 10.9. The highest BCUT2D eigenvalue weighted by atomic mass is 35.5. The van der Waals surface area contributed by atoms with E-state index in [4.69, 9.17) is 21.1 Å². The highest BCUT2D eigenvalue weighted by Crippen LogP contribution is 2.21. The van der Waals surface area contributed by atoms with Gasteiger partial charge in [-0.15, -0.1) is 0 Å². The number of halogens is 1. The zero-order valence-corrected chi connectivity index (χ0v) is 11.7. The molecule has 1 aliphatic rings. The van der Waals surface area contributed by atoms with Gasteiger partial charge in [0.15, 0.2) is 12.9 Å². The molecule has 1 aromatic rings. The lowest BCUT2D eigenvalue weighted by molar-refractivity contribution is -0.123. The maximum absolute atomic E-state index is 11.6. The minimum absolute atomic E-state index is 0.0972. The molecule has 1 aromatic carbocycles. The summed E-state index contributed by atoms with van der Waals surface area (Å²) in [6.07, 6.45) is 2.74. The predicted molar refractivity (Wildman–Crippen MR) is 74.3 cm³/mol. The topological polar surface area (TPSA) is 64.6 Å². The van der Waals surface area contributed by atoms with Gasteiger partial charge in [-0.25, -0.2) is 0 Å². The fourth-order valence-corrected chi connectivity index (χ4v) is 2.15. The zero-order chi connectivity index (χ0) is 14.4. The molecule has 20 heavy (non-hydrogen) atoms. The van der Waals surface area contributed by atoms with Crippen molar-refractivity contribution < 1.29 is 19.1 Å². The number of ether oxygens (including phenoxy) is 2. The summed E-state index contributed by atoms with van der Waals surface area (Å²) in [5, 5.41) is 3.19. The van der Waals surface area contributed by atoms with Gasteiger partial charge in [0.05, 0.1) is 11.7 Å². The van der Waals surface area contributed by atoms with E-state index in [0.29, 0.717) is 29.2 Å². The number of amides is 1. The van der Waals surface area contributed by atoms with Crippen molar-refractivity contribution in [3.05, 3.63) is 28.8 Å². The van der Waals surface area contributed by atoms with E-state index < -0.39 is 0 Å². The molecule has 1 heterocycles. The number of carbonyl (C=O) groups excluding carboxylic acids is 2. The van der Waals surface area contributed by atoms with Crippen LogP contribution >= 0.6 is 11.6 Å². The molecule has 0 aliphatic carbocycles. The number of hydrogen-bond acceptors (Lipinski definition) is 4. The minimum Gasteiger partial charge on any atom is -0.483 e. The molecule has 0 saturated carbocycles. The third-order valence-corrected chi connectivity index (χ3v) is 3.24. The molecule has 0 aromatic heterocycles. The summed E-state index contributed by atoms with van der Waals surface area (Å²) in [5.41, 5.74) is 0.324. The maximum atomic E-state index is 11.6. The van der Waals surface area contributed by atoms with E-state index in [0.717, 1.165) is 19.4 Å². The van der Waals surface area contributed by atoms with E-state index in [2.05, 4.69) is 5.32 Å². The highest BCUT2D eigenvalue weighted by molar-refractivity contribution is 6.30. The van der Waals surface area contributed by atoms with Gasteiger partial charge in [-0.05, 0) is 31.0 Å². The number of rotatable bonds is 6. The van der Waals surface area contributed by atoms with Crippen LogP contribution in [0.5, 0.6) is 5.75 Å². The standard InChI is InChI=1S/C14H16ClNO4/c15-11-3-4-13(10(6-11)8-17)20-9-14(18)16-7-12-2-1-5-19-12/h3-4,6,8,12H,1-2,5,7,9H2,(H,16,18). The Kier molecular flexibility index (Phi) is 5.38. The van der Waals surface area contributed by atoms with Crippen LogP contribution in [0.1, 0.15) is 23.2 Å². The summed E-state index contributed by atoms with van der Waals surface area (Å²) in [6.45, 7) is 1.10. The second kappa shape index (κ2) is 7.26. The summed E-state index contributed by atoms with van der Waals surface area (Å²) >= 11 is 5.77. The molecule has 1 aliphatic heterocycles. The number of hydrogen-bond donors (Lipinski definition) is 1. The molecule has 1 unspecified atom stereocenters. The van der Waals surface area contributed by atoms with E-state index in [1.54, 1.807) is 12.1 Å². The number of nitrogens with one attached hydrogen (secondary N) is 1. The van der Waals surface area contributed by atoms with Crippen LogP contribution in [0.25, 0.3) is 0 Å². The van der Waals surface area contributed by atoms with E-state index in [9.17, 15) is 9.59 Å². The van der Waals surface area contributed by atoms with Gasteiger partial charge in [0.2, 0.25) is 0 Å². The van der Waals surface area contributed by atoms with Crippen molar-refractivity contribution in [1.82, 2.24) is 5.32 Å². The van der Waals surface area contributed by atoms with Crippen LogP contribution in [0.2, 0.25) is 5.02 Å². The SMILES string of the molecule is O=Cc1cc(Cl)ccc1OCC(=O)NCC1CCCO1. The molecule has 5 nitrogen and oxygen atoms in total. The van der Waals surface area contributed by atoms with Gasteiger partial charge in [-0.2, -0.15) is 0 Å². The predicted octanol–water partition coefficient (Wildman–Crippen LogP) is 1.83. The lowest BCUT2D eigenvalue weighted by Gasteiger charge is -2.12. The fraction of sp³-hybridized carbons (Fsp3) is 0.429. The molecule has 0 spiro atoms. The molecule has 1 amide bonds. The monoisotopic (exact) mass is 297 g/mol. The molecule has 0 radical (unpaired) electrons. The molecule has 1 atom stereocenters. The van der Waals surface area contributed by atoms with Gasteiger partial charge in [-0.1, -0.05) is 11.6 Å². The smallest absolute Gasteiger partial charge is 0.258 e. The van der Waals surface area contributed by atoms with E-state index in [1.807, 2.05) is 0 Å². The Morgan fingerprint density at radius 3 is 3.10 bits per heavy atom. The summed E-state index contributed by atoms with van der Waals surface area (Å²) in [7, 11) is 0. The van der Waals surface area contributed by atoms with Gasteiger partial charge >= 0.3 is 0 Å². The Morgan fingerprint density at radius 1 is 1.55 bits per heavy atom. The second-order valence-electron chi connectivity index (χ2n) is 4.53. The molecule has 108 valence electrons. The van der Waals surface area contributed by atoms with Crippen LogP contribution in [0.15, 0.2) is 18.2 Å². The van der Waals surface area contributed by atoms with Crippen molar-refractivity contribution >= 4 is 23.8 Å². The Bertz CT molecular complexity index is 486. The number of aldehydes is 1. The van der Waals surface area contributed by atoms with Crippen molar-refractivity contribution in [1.29, 1.82) is 0 Å². The summed E-state index contributed by atoms with van der Waals surface area (Å²) in [4.78, 5) is 22.5. The summed E-state index contributed by atoms with van der Waals surface area (Å²) in [6, 6.07) is 4.67. The quantitative estimate of drug-likeness (QED) is 0.814. The molecule has 0 bridgehead atoms. The Labute approximate surface area is 122 Å². The van der Waals surface area contributed by atoms with Crippen molar-refractivity contribution in [2.75, 3.05) is 19.8 Å². The Balaban J connectivity index is 1.79. The first-order chi connectivity index (χ1) is 9.69. The van der Waals surface area contributed by atoms with Crippen LogP contribution < -0.4 is 10.1 Å². The molecular formula is C14H16ClNO4. The first kappa shape index (κ1) is 14.8. The van der Waals surface area contributed by atoms with Crippen LogP contribution in [0.3, 0.4) is 0 Å². The fourth-order valence-electron chi connectivity index (χ4n) is 1.97. The van der Waals surface area contributed by atoms with Crippen molar-refractivity contribution in [2.45, 2.75) is 18.9 Å². The van der Waals surface area contributed by atoms with Gasteiger partial charge in [0.1, 0.15) is 5.75 Å². The first-order valence-electron chi connectivity index (χ1n) is 6.45. The van der Waals surface area contributed by atoms with Crippen molar-refractivity contribution in [2.24, 2.45) is 0 Å². The normalized spacial score (nSPS) is 17.8. The highest BCUT2D eigenvalue weighted by Gasteiger charge is 2.16. The van der Waals surface area contributed by atoms with Gasteiger partial charge in [0.25, 0.3) is 5.91 Å². The van der Waals surface area contributed by atoms with E-state index in [1.165, 1.54) is 6.07 Å². The average Bonchev–Trinajstić information content (AvgIpc) is 2.97. The van der Waals surface area contributed by atoms with Crippen LogP contribution in [0.4, 0.5) is 0 Å². The molecular weight excluding hydrogens is 282 g/mol. The number of carbonyl (C=O) groups is 2. The van der Waals surface area contributed by atoms with Gasteiger partial charge in [-0.3, -0.25) is 9.59 Å². The minimum atomic E-state index is -0.243. The van der Waals surface area contributed by atoms with Crippen LogP contribution in [0, 0.1) is 0 Å². The van der Waals surface area contributed by atoms with Gasteiger partial charge < -0.3 is 14.8 Å². The van der Waals surface area contributed by atoms with Crippen LogP contribution in [-0.4, -0.2) is 38.1 Å². The molecule has 2 rings (SSSR count). The van der Waals surface area contributed by atoms with Crippen LogP contribution in [-0.2, 0) is 9.53 Å². The largest absolute Gasteiger partial charge is 0.483 e.